The maximum Gasteiger partial charge on any atom is 0.138 e. The Labute approximate surface area is 55.5 Å². The SMILES string of the molecule is C=CC(C/C=C/[O])OC. The van der Waals surface area contributed by atoms with Crippen molar-refractivity contribution in [3.63, 3.8) is 0 Å². The molecule has 9 heavy (non-hydrogen) atoms. The molecule has 2 nitrogen and oxygen atoms in total. The molecule has 0 bridgehead atoms. The fraction of sp³-hybridized carbons (Fsp3) is 0.429. The van der Waals surface area contributed by atoms with Gasteiger partial charge in [-0.05, 0) is 12.5 Å². The van der Waals surface area contributed by atoms with E-state index in [0.717, 1.165) is 6.26 Å². The van der Waals surface area contributed by atoms with Crippen LogP contribution < -0.4 is 0 Å². The van der Waals surface area contributed by atoms with Crippen molar-refractivity contribution < 1.29 is 9.84 Å². The van der Waals surface area contributed by atoms with Gasteiger partial charge in [-0.3, -0.25) is 5.11 Å². The number of hydrogen-bond acceptors (Lipinski definition) is 1. The lowest BCUT2D eigenvalue weighted by Gasteiger charge is -2.04. The van der Waals surface area contributed by atoms with Gasteiger partial charge in [0.15, 0.2) is 0 Å². The maximum atomic E-state index is 9.80. The Kier molecular flexibility index (Phi) is 4.92. The predicted molar refractivity (Wildman–Crippen MR) is 35.4 cm³/mol. The summed E-state index contributed by atoms with van der Waals surface area (Å²) < 4.78 is 4.89. The van der Waals surface area contributed by atoms with Gasteiger partial charge in [0.1, 0.15) is 6.26 Å². The number of methoxy groups -OCH3 is 1. The highest BCUT2D eigenvalue weighted by molar-refractivity contribution is 4.87. The molecular weight excluding hydrogens is 116 g/mol. The molecule has 1 unspecified atom stereocenters. The molecule has 1 atom stereocenters. The van der Waals surface area contributed by atoms with Crippen molar-refractivity contribution in [2.75, 3.05) is 7.11 Å². The Morgan fingerprint density at radius 3 is 2.78 bits per heavy atom. The van der Waals surface area contributed by atoms with Crippen LogP contribution in [-0.4, -0.2) is 13.2 Å². The van der Waals surface area contributed by atoms with Crippen LogP contribution in [0.15, 0.2) is 25.0 Å². The van der Waals surface area contributed by atoms with Crippen LogP contribution in [0, 0.1) is 0 Å². The quantitative estimate of drug-likeness (QED) is 0.416. The van der Waals surface area contributed by atoms with Gasteiger partial charge in [-0.25, -0.2) is 0 Å². The molecule has 0 rings (SSSR count). The summed E-state index contributed by atoms with van der Waals surface area (Å²) in [5.41, 5.74) is 0. The summed E-state index contributed by atoms with van der Waals surface area (Å²) in [5, 5.41) is 9.80. The fourth-order valence-electron chi connectivity index (χ4n) is 0.478. The first-order chi connectivity index (χ1) is 4.35. The summed E-state index contributed by atoms with van der Waals surface area (Å²) in [5.74, 6) is 0. The molecule has 51 valence electrons. The second-order valence-electron chi connectivity index (χ2n) is 1.62. The van der Waals surface area contributed by atoms with Crippen LogP contribution in [0.4, 0.5) is 0 Å². The largest absolute Gasteiger partial charge is 0.377 e. The Balaban J connectivity index is 3.42. The summed E-state index contributed by atoms with van der Waals surface area (Å²) >= 11 is 0. The van der Waals surface area contributed by atoms with Gasteiger partial charge in [-0.15, -0.1) is 6.58 Å². The zero-order chi connectivity index (χ0) is 7.11. The fourth-order valence-corrected chi connectivity index (χ4v) is 0.478. The molecule has 0 saturated heterocycles. The third-order valence-electron chi connectivity index (χ3n) is 1.03. The van der Waals surface area contributed by atoms with Crippen LogP contribution in [0.3, 0.4) is 0 Å². The lowest BCUT2D eigenvalue weighted by Crippen LogP contribution is -2.03. The minimum absolute atomic E-state index is 0.0183. The van der Waals surface area contributed by atoms with Crippen molar-refractivity contribution in [2.24, 2.45) is 0 Å². The summed E-state index contributed by atoms with van der Waals surface area (Å²) in [4.78, 5) is 0. The van der Waals surface area contributed by atoms with E-state index in [-0.39, 0.29) is 6.10 Å². The number of rotatable bonds is 4. The first-order valence-corrected chi connectivity index (χ1v) is 2.77. The van der Waals surface area contributed by atoms with Crippen molar-refractivity contribution in [3.8, 4) is 0 Å². The highest BCUT2D eigenvalue weighted by Gasteiger charge is 1.95. The topological polar surface area (TPSA) is 29.1 Å². The lowest BCUT2D eigenvalue weighted by atomic mass is 10.2. The zero-order valence-corrected chi connectivity index (χ0v) is 5.54. The second-order valence-corrected chi connectivity index (χ2v) is 1.62. The molecule has 1 radical (unpaired) electrons. The van der Waals surface area contributed by atoms with Crippen LogP contribution in [0.5, 0.6) is 0 Å². The van der Waals surface area contributed by atoms with Gasteiger partial charge in [0, 0.05) is 7.11 Å². The lowest BCUT2D eigenvalue weighted by molar-refractivity contribution is 0.143. The molecule has 0 amide bonds. The average Bonchev–Trinajstić information content (AvgIpc) is 1.91. The minimum Gasteiger partial charge on any atom is -0.377 e. The second kappa shape index (κ2) is 5.38. The highest BCUT2D eigenvalue weighted by atomic mass is 16.5. The van der Waals surface area contributed by atoms with E-state index in [2.05, 4.69) is 6.58 Å². The van der Waals surface area contributed by atoms with Crippen molar-refractivity contribution in [1.29, 1.82) is 0 Å². The van der Waals surface area contributed by atoms with Gasteiger partial charge in [0.2, 0.25) is 0 Å². The third-order valence-corrected chi connectivity index (χ3v) is 1.03. The van der Waals surface area contributed by atoms with Gasteiger partial charge < -0.3 is 4.74 Å². The van der Waals surface area contributed by atoms with E-state index in [1.165, 1.54) is 6.08 Å². The normalized spacial score (nSPS) is 13.9. The molecule has 0 aliphatic heterocycles. The van der Waals surface area contributed by atoms with Crippen LogP contribution in [0.25, 0.3) is 0 Å². The molecule has 0 aromatic carbocycles. The molecule has 2 heteroatoms. The van der Waals surface area contributed by atoms with Crippen LogP contribution in [0.2, 0.25) is 0 Å². The van der Waals surface area contributed by atoms with E-state index in [9.17, 15) is 5.11 Å². The predicted octanol–water partition coefficient (Wildman–Crippen LogP) is 1.52. The molecule has 0 aliphatic carbocycles. The minimum atomic E-state index is -0.0183. The Hall–Kier alpha value is -0.760. The zero-order valence-electron chi connectivity index (χ0n) is 5.54. The van der Waals surface area contributed by atoms with Gasteiger partial charge >= 0.3 is 0 Å². The molecule has 0 N–H and O–H groups in total. The highest BCUT2D eigenvalue weighted by Crippen LogP contribution is 1.97. The van der Waals surface area contributed by atoms with Crippen molar-refractivity contribution in [2.45, 2.75) is 12.5 Å². The van der Waals surface area contributed by atoms with E-state index in [4.69, 9.17) is 4.74 Å². The Morgan fingerprint density at radius 1 is 1.78 bits per heavy atom. The van der Waals surface area contributed by atoms with Crippen molar-refractivity contribution in [3.05, 3.63) is 25.0 Å². The monoisotopic (exact) mass is 127 g/mol. The summed E-state index contributed by atoms with van der Waals surface area (Å²) in [7, 11) is 1.59. The molecule has 0 saturated carbocycles. The number of hydrogen-bond donors (Lipinski definition) is 0. The van der Waals surface area contributed by atoms with Gasteiger partial charge in [0.05, 0.1) is 6.10 Å². The molecule has 0 aromatic rings. The Morgan fingerprint density at radius 2 is 2.44 bits per heavy atom. The van der Waals surface area contributed by atoms with E-state index in [1.807, 2.05) is 0 Å². The smallest absolute Gasteiger partial charge is 0.138 e. The first-order valence-electron chi connectivity index (χ1n) is 2.77. The molecule has 0 spiro atoms. The summed E-state index contributed by atoms with van der Waals surface area (Å²) in [6, 6.07) is 0. The van der Waals surface area contributed by atoms with Crippen LogP contribution in [0.1, 0.15) is 6.42 Å². The van der Waals surface area contributed by atoms with E-state index in [0.29, 0.717) is 6.42 Å². The number of ether oxygens (including phenoxy) is 1. The molecule has 0 aliphatic rings. The van der Waals surface area contributed by atoms with Crippen molar-refractivity contribution >= 4 is 0 Å². The third kappa shape index (κ3) is 3.79. The van der Waals surface area contributed by atoms with Gasteiger partial charge in [-0.2, -0.15) is 0 Å². The average molecular weight is 127 g/mol. The first kappa shape index (κ1) is 8.24. The van der Waals surface area contributed by atoms with Gasteiger partial charge in [0.25, 0.3) is 0 Å². The van der Waals surface area contributed by atoms with Crippen LogP contribution in [-0.2, 0) is 9.84 Å². The Bertz CT molecular complexity index is 97.1. The standard InChI is InChI=1S/C7H11O2/c1-3-7(9-2)5-4-6-8/h3-4,6-7H,1,5H2,2H3/b6-4+. The molecule has 0 fully saturated rings. The van der Waals surface area contributed by atoms with E-state index < -0.39 is 0 Å². The van der Waals surface area contributed by atoms with Crippen molar-refractivity contribution in [1.82, 2.24) is 0 Å². The molecular formula is C7H11O2. The summed E-state index contributed by atoms with van der Waals surface area (Å²) in [6.45, 7) is 3.52. The maximum absolute atomic E-state index is 9.80. The van der Waals surface area contributed by atoms with E-state index >= 15 is 0 Å². The van der Waals surface area contributed by atoms with Gasteiger partial charge in [-0.1, -0.05) is 6.08 Å². The summed E-state index contributed by atoms with van der Waals surface area (Å²) in [6.07, 6.45) is 4.53. The molecule has 0 heterocycles. The van der Waals surface area contributed by atoms with E-state index in [1.54, 1.807) is 13.2 Å². The van der Waals surface area contributed by atoms with Crippen LogP contribution >= 0.6 is 0 Å². The molecule has 0 aromatic heterocycles.